The van der Waals surface area contributed by atoms with Crippen LogP contribution in [0.15, 0.2) is 28.9 Å². The van der Waals surface area contributed by atoms with Gasteiger partial charge in [-0.15, -0.1) is 0 Å². The summed E-state index contributed by atoms with van der Waals surface area (Å²) >= 11 is 1.65. The van der Waals surface area contributed by atoms with Gasteiger partial charge in [-0.25, -0.2) is 4.99 Å². The van der Waals surface area contributed by atoms with Gasteiger partial charge in [0.15, 0.2) is 5.17 Å². The van der Waals surface area contributed by atoms with Crippen LogP contribution in [0.5, 0.6) is 0 Å². The Kier molecular flexibility index (Phi) is 0.931. The monoisotopic (exact) mass is 138 g/mol. The molecule has 46 valence electrons. The summed E-state index contributed by atoms with van der Waals surface area (Å²) in [5.41, 5.74) is 0.960. The van der Waals surface area contributed by atoms with Crippen LogP contribution in [0, 0.1) is 0 Å². The molecule has 0 atom stereocenters. The van der Waals surface area contributed by atoms with Crippen molar-refractivity contribution in [2.75, 3.05) is 6.54 Å². The van der Waals surface area contributed by atoms with Crippen molar-refractivity contribution in [3.05, 3.63) is 23.9 Å². The van der Waals surface area contributed by atoms with Crippen molar-refractivity contribution in [3.8, 4) is 0 Å². The summed E-state index contributed by atoms with van der Waals surface area (Å²) in [6.45, 7) is 4.63. The fourth-order valence-electron chi connectivity index (χ4n) is 0.874. The van der Waals surface area contributed by atoms with E-state index in [0.29, 0.717) is 0 Å². The normalized spacial score (nSPS) is 22.9. The maximum atomic E-state index is 4.20. The zero-order valence-electron chi connectivity index (χ0n) is 4.87. The van der Waals surface area contributed by atoms with Gasteiger partial charge in [-0.05, 0) is 5.41 Å². The molecule has 0 spiro atoms. The lowest BCUT2D eigenvalue weighted by molar-refractivity contribution is 0.654. The van der Waals surface area contributed by atoms with Crippen LogP contribution < -0.4 is 0 Å². The first-order chi connectivity index (χ1) is 4.36. The van der Waals surface area contributed by atoms with Crippen LogP contribution in [0.3, 0.4) is 0 Å². The molecule has 0 aromatic rings. The second-order valence-electron chi connectivity index (χ2n) is 1.99. The Labute approximate surface area is 58.0 Å². The molecule has 0 radical (unpaired) electrons. The van der Waals surface area contributed by atoms with Crippen LogP contribution >= 0.6 is 11.8 Å². The number of amidine groups is 1. The molecule has 9 heavy (non-hydrogen) atoms. The second-order valence-corrected chi connectivity index (χ2v) is 2.86. The third-order valence-corrected chi connectivity index (χ3v) is 2.06. The molecule has 0 aromatic carbocycles. The number of hydrogen-bond donors (Lipinski definition) is 0. The molecule has 0 saturated heterocycles. The SMILES string of the molecule is C=C1CN2C=CSC2=N1. The number of nitrogens with zero attached hydrogens (tertiary/aromatic N) is 2. The second kappa shape index (κ2) is 1.64. The first-order valence-electron chi connectivity index (χ1n) is 2.73. The van der Waals surface area contributed by atoms with Gasteiger partial charge in [-0.3, -0.25) is 0 Å². The first kappa shape index (κ1) is 5.11. The molecule has 0 saturated carbocycles. The average molecular weight is 138 g/mol. The zero-order chi connectivity index (χ0) is 6.27. The molecular formula is C6H6N2S. The van der Waals surface area contributed by atoms with Gasteiger partial charge in [0.05, 0.1) is 12.2 Å². The number of rotatable bonds is 0. The summed E-state index contributed by atoms with van der Waals surface area (Å²) in [4.78, 5) is 6.29. The van der Waals surface area contributed by atoms with Crippen molar-refractivity contribution in [2.24, 2.45) is 4.99 Å². The summed E-state index contributed by atoms with van der Waals surface area (Å²) in [7, 11) is 0. The Bertz CT molecular complexity index is 217. The van der Waals surface area contributed by atoms with Gasteiger partial charge < -0.3 is 4.90 Å². The van der Waals surface area contributed by atoms with Gasteiger partial charge >= 0.3 is 0 Å². The molecule has 0 aliphatic carbocycles. The van der Waals surface area contributed by atoms with E-state index in [2.05, 4.69) is 16.5 Å². The average Bonchev–Trinajstić information content (AvgIpc) is 2.22. The van der Waals surface area contributed by atoms with E-state index < -0.39 is 0 Å². The highest BCUT2D eigenvalue weighted by Gasteiger charge is 2.20. The minimum Gasteiger partial charge on any atom is -0.321 e. The third kappa shape index (κ3) is 0.685. The fourth-order valence-corrected chi connectivity index (χ4v) is 1.65. The van der Waals surface area contributed by atoms with Crippen molar-refractivity contribution in [1.82, 2.24) is 4.90 Å². The maximum Gasteiger partial charge on any atom is 0.172 e. The van der Waals surface area contributed by atoms with Gasteiger partial charge in [0, 0.05) is 6.20 Å². The summed E-state index contributed by atoms with van der Waals surface area (Å²) in [6, 6.07) is 0. The van der Waals surface area contributed by atoms with Crippen molar-refractivity contribution >= 4 is 16.9 Å². The summed E-state index contributed by atoms with van der Waals surface area (Å²) in [5, 5.41) is 3.10. The molecule has 2 aliphatic heterocycles. The van der Waals surface area contributed by atoms with Crippen molar-refractivity contribution in [1.29, 1.82) is 0 Å². The van der Waals surface area contributed by atoms with Crippen LogP contribution in [0.4, 0.5) is 0 Å². The van der Waals surface area contributed by atoms with E-state index in [0.717, 1.165) is 17.4 Å². The lowest BCUT2D eigenvalue weighted by Crippen LogP contribution is -2.13. The van der Waals surface area contributed by atoms with Crippen LogP contribution in [0.25, 0.3) is 0 Å². The standard InChI is InChI=1S/C6H6N2S/c1-5-4-8-2-3-9-6(8)7-5/h2-3H,1,4H2. The summed E-state index contributed by atoms with van der Waals surface area (Å²) in [6.07, 6.45) is 2.03. The molecule has 2 heterocycles. The molecule has 3 heteroatoms. The summed E-state index contributed by atoms with van der Waals surface area (Å²) in [5.74, 6) is 0. The third-order valence-electron chi connectivity index (χ3n) is 1.27. The quantitative estimate of drug-likeness (QED) is 0.502. The Hall–Kier alpha value is -0.700. The van der Waals surface area contributed by atoms with Crippen LogP contribution in [-0.4, -0.2) is 16.6 Å². The molecule has 0 bridgehead atoms. The molecule has 0 fully saturated rings. The lowest BCUT2D eigenvalue weighted by atomic mass is 10.5. The van der Waals surface area contributed by atoms with Crippen molar-refractivity contribution < 1.29 is 0 Å². The van der Waals surface area contributed by atoms with Crippen molar-refractivity contribution in [2.45, 2.75) is 0 Å². The Balaban J connectivity index is 2.33. The highest BCUT2D eigenvalue weighted by atomic mass is 32.2. The summed E-state index contributed by atoms with van der Waals surface area (Å²) < 4.78 is 0. The van der Waals surface area contributed by atoms with E-state index in [1.807, 2.05) is 11.6 Å². The number of thioether (sulfide) groups is 1. The molecule has 2 aliphatic rings. The minimum absolute atomic E-state index is 0.874. The van der Waals surface area contributed by atoms with Gasteiger partial charge in [-0.1, -0.05) is 18.3 Å². The Morgan fingerprint density at radius 2 is 2.67 bits per heavy atom. The largest absolute Gasteiger partial charge is 0.321 e. The van der Waals surface area contributed by atoms with E-state index in [9.17, 15) is 0 Å². The van der Waals surface area contributed by atoms with E-state index >= 15 is 0 Å². The van der Waals surface area contributed by atoms with Crippen molar-refractivity contribution in [3.63, 3.8) is 0 Å². The van der Waals surface area contributed by atoms with Gasteiger partial charge in [-0.2, -0.15) is 0 Å². The molecular weight excluding hydrogens is 132 g/mol. The first-order valence-corrected chi connectivity index (χ1v) is 3.61. The molecule has 2 rings (SSSR count). The zero-order valence-corrected chi connectivity index (χ0v) is 5.69. The maximum absolute atomic E-state index is 4.20. The van der Waals surface area contributed by atoms with E-state index in [1.54, 1.807) is 11.8 Å². The molecule has 2 nitrogen and oxygen atoms in total. The lowest BCUT2D eigenvalue weighted by Gasteiger charge is -2.04. The van der Waals surface area contributed by atoms with Gasteiger partial charge in [0.1, 0.15) is 0 Å². The van der Waals surface area contributed by atoms with Crippen LogP contribution in [-0.2, 0) is 0 Å². The van der Waals surface area contributed by atoms with E-state index in [1.165, 1.54) is 0 Å². The minimum atomic E-state index is 0.874. The van der Waals surface area contributed by atoms with E-state index in [-0.39, 0.29) is 0 Å². The molecule has 0 unspecified atom stereocenters. The predicted octanol–water partition coefficient (Wildman–Crippen LogP) is 1.39. The Morgan fingerprint density at radius 3 is 3.44 bits per heavy atom. The highest BCUT2D eigenvalue weighted by Crippen LogP contribution is 2.25. The van der Waals surface area contributed by atoms with Crippen LogP contribution in [0.1, 0.15) is 0 Å². The smallest absolute Gasteiger partial charge is 0.172 e. The molecule has 0 N–H and O–H groups in total. The van der Waals surface area contributed by atoms with Crippen LogP contribution in [0.2, 0.25) is 0 Å². The highest BCUT2D eigenvalue weighted by molar-refractivity contribution is 8.16. The number of hydrogen-bond acceptors (Lipinski definition) is 3. The van der Waals surface area contributed by atoms with Gasteiger partial charge in [0.25, 0.3) is 0 Å². The van der Waals surface area contributed by atoms with Gasteiger partial charge in [0.2, 0.25) is 0 Å². The molecule has 0 amide bonds. The predicted molar refractivity (Wildman–Crippen MR) is 40.0 cm³/mol. The number of aliphatic imine (C=N–C) groups is 1. The fraction of sp³-hybridized carbons (Fsp3) is 0.167. The van der Waals surface area contributed by atoms with E-state index in [4.69, 9.17) is 0 Å². The number of fused-ring (bicyclic) bond motifs is 1. The molecule has 0 aromatic heterocycles. The Morgan fingerprint density at radius 1 is 1.78 bits per heavy atom. The topological polar surface area (TPSA) is 15.6 Å².